The molecule has 0 spiro atoms. The zero-order chi connectivity index (χ0) is 13.5. The molecular weight excluding hydrogens is 242 g/mol. The maximum Gasteiger partial charge on any atom is 0.0708 e. The van der Waals surface area contributed by atoms with Gasteiger partial charge in [-0.2, -0.15) is 0 Å². The third-order valence-electron chi connectivity index (χ3n) is 4.16. The molecule has 2 aliphatic carbocycles. The van der Waals surface area contributed by atoms with Gasteiger partial charge in [-0.05, 0) is 54.0 Å². The van der Waals surface area contributed by atoms with E-state index in [9.17, 15) is 0 Å². The van der Waals surface area contributed by atoms with Crippen LogP contribution in [0.4, 0.5) is 0 Å². The summed E-state index contributed by atoms with van der Waals surface area (Å²) in [5.41, 5.74) is 5.97. The van der Waals surface area contributed by atoms with Crippen molar-refractivity contribution in [3.8, 4) is 11.1 Å². The van der Waals surface area contributed by atoms with Gasteiger partial charge in [0.2, 0.25) is 0 Å². The van der Waals surface area contributed by atoms with Crippen molar-refractivity contribution in [1.29, 1.82) is 0 Å². The summed E-state index contributed by atoms with van der Waals surface area (Å²) in [5, 5.41) is 0. The lowest BCUT2D eigenvalue weighted by Crippen LogP contribution is -1.95. The molecule has 0 N–H and O–H groups in total. The molecule has 1 aromatic heterocycles. The molecule has 1 saturated carbocycles. The van der Waals surface area contributed by atoms with Gasteiger partial charge >= 0.3 is 0 Å². The molecular formula is C19H17N. The standard InChI is InChI=1S/C19H17N/c1-13-9-17(14-5-3-2-4-6-14)12-19(20-13)16-8-7-15-10-18(15)11-16/h2-9,11-12,15,18H,10H2,1H3. The van der Waals surface area contributed by atoms with E-state index in [0.29, 0.717) is 0 Å². The van der Waals surface area contributed by atoms with Gasteiger partial charge in [0.15, 0.2) is 0 Å². The fraction of sp³-hybridized carbons (Fsp3) is 0.211. The number of hydrogen-bond acceptors (Lipinski definition) is 1. The Bertz CT molecular complexity index is 710. The minimum absolute atomic E-state index is 0.762. The van der Waals surface area contributed by atoms with E-state index in [1.54, 1.807) is 0 Å². The maximum absolute atomic E-state index is 4.72. The first kappa shape index (κ1) is 11.7. The third-order valence-corrected chi connectivity index (χ3v) is 4.16. The molecule has 2 unspecified atom stereocenters. The van der Waals surface area contributed by atoms with Gasteiger partial charge in [-0.1, -0.05) is 48.6 Å². The van der Waals surface area contributed by atoms with E-state index in [1.807, 2.05) is 0 Å². The number of aromatic nitrogens is 1. The molecule has 1 heterocycles. The van der Waals surface area contributed by atoms with Crippen molar-refractivity contribution in [3.05, 3.63) is 72.1 Å². The van der Waals surface area contributed by atoms with E-state index in [-0.39, 0.29) is 0 Å². The summed E-state index contributed by atoms with van der Waals surface area (Å²) in [4.78, 5) is 4.72. The Labute approximate surface area is 119 Å². The minimum Gasteiger partial charge on any atom is -0.253 e. The van der Waals surface area contributed by atoms with Gasteiger partial charge < -0.3 is 0 Å². The fourth-order valence-electron chi connectivity index (χ4n) is 2.95. The van der Waals surface area contributed by atoms with Gasteiger partial charge in [0.05, 0.1) is 5.69 Å². The number of allylic oxidation sites excluding steroid dienone is 4. The molecule has 2 aliphatic rings. The quantitative estimate of drug-likeness (QED) is 0.765. The number of pyridine rings is 1. The topological polar surface area (TPSA) is 12.9 Å². The number of hydrogen-bond donors (Lipinski definition) is 0. The highest BCUT2D eigenvalue weighted by Crippen LogP contribution is 2.45. The lowest BCUT2D eigenvalue weighted by Gasteiger charge is -2.10. The van der Waals surface area contributed by atoms with Crippen LogP contribution in [0, 0.1) is 18.8 Å². The first-order valence-corrected chi connectivity index (χ1v) is 7.24. The van der Waals surface area contributed by atoms with Crippen molar-refractivity contribution in [3.63, 3.8) is 0 Å². The second-order valence-electron chi connectivity index (χ2n) is 5.79. The van der Waals surface area contributed by atoms with Crippen LogP contribution >= 0.6 is 0 Å². The Morgan fingerprint density at radius 3 is 2.65 bits per heavy atom. The van der Waals surface area contributed by atoms with Gasteiger partial charge in [0, 0.05) is 5.69 Å². The highest BCUT2D eigenvalue weighted by atomic mass is 14.7. The first-order valence-electron chi connectivity index (χ1n) is 7.24. The van der Waals surface area contributed by atoms with Crippen LogP contribution < -0.4 is 0 Å². The summed E-state index contributed by atoms with van der Waals surface area (Å²) < 4.78 is 0. The zero-order valence-electron chi connectivity index (χ0n) is 11.6. The monoisotopic (exact) mass is 259 g/mol. The van der Waals surface area contributed by atoms with Crippen LogP contribution in [0.1, 0.15) is 17.8 Å². The van der Waals surface area contributed by atoms with Crippen molar-refractivity contribution in [1.82, 2.24) is 4.98 Å². The number of fused-ring (bicyclic) bond motifs is 1. The van der Waals surface area contributed by atoms with Gasteiger partial charge in [0.25, 0.3) is 0 Å². The predicted molar refractivity (Wildman–Crippen MR) is 83.1 cm³/mol. The van der Waals surface area contributed by atoms with Crippen molar-refractivity contribution < 1.29 is 0 Å². The normalized spacial score (nSPS) is 23.1. The third kappa shape index (κ3) is 2.09. The molecule has 1 heteroatoms. The smallest absolute Gasteiger partial charge is 0.0708 e. The van der Waals surface area contributed by atoms with E-state index < -0.39 is 0 Å². The largest absolute Gasteiger partial charge is 0.253 e. The number of rotatable bonds is 2. The summed E-state index contributed by atoms with van der Waals surface area (Å²) >= 11 is 0. The Kier molecular flexibility index (Phi) is 2.59. The Morgan fingerprint density at radius 2 is 1.85 bits per heavy atom. The van der Waals surface area contributed by atoms with Gasteiger partial charge in [-0.25, -0.2) is 0 Å². The number of nitrogens with zero attached hydrogens (tertiary/aromatic N) is 1. The summed E-state index contributed by atoms with van der Waals surface area (Å²) in [6, 6.07) is 14.9. The molecule has 1 fully saturated rings. The molecule has 0 saturated heterocycles. The van der Waals surface area contributed by atoms with Gasteiger partial charge in [-0.3, -0.25) is 4.98 Å². The lowest BCUT2D eigenvalue weighted by atomic mass is 9.99. The average Bonchev–Trinajstić information content (AvgIpc) is 3.26. The molecule has 20 heavy (non-hydrogen) atoms. The minimum atomic E-state index is 0.762. The van der Waals surface area contributed by atoms with Gasteiger partial charge in [-0.15, -0.1) is 0 Å². The van der Waals surface area contributed by atoms with Crippen LogP contribution in [0.5, 0.6) is 0 Å². The Balaban J connectivity index is 1.78. The predicted octanol–water partition coefficient (Wildman–Crippen LogP) is 4.65. The van der Waals surface area contributed by atoms with E-state index in [2.05, 4.69) is 67.6 Å². The summed E-state index contributed by atoms with van der Waals surface area (Å²) in [6.45, 7) is 2.07. The number of benzene rings is 1. The Hall–Kier alpha value is -2.15. The highest BCUT2D eigenvalue weighted by Gasteiger charge is 2.35. The summed E-state index contributed by atoms with van der Waals surface area (Å²) in [6.07, 6.45) is 8.29. The molecule has 1 nitrogen and oxygen atoms in total. The van der Waals surface area contributed by atoms with E-state index >= 15 is 0 Å². The number of aryl methyl sites for hydroxylation is 1. The van der Waals surface area contributed by atoms with Crippen molar-refractivity contribution in [2.75, 3.05) is 0 Å². The van der Waals surface area contributed by atoms with Crippen LogP contribution in [0.3, 0.4) is 0 Å². The highest BCUT2D eigenvalue weighted by molar-refractivity contribution is 5.77. The molecule has 0 amide bonds. The molecule has 2 aromatic rings. The molecule has 0 aliphatic heterocycles. The SMILES string of the molecule is Cc1cc(-c2ccccc2)cc(C2=CC3CC3C=C2)n1. The average molecular weight is 259 g/mol. The zero-order valence-corrected chi connectivity index (χ0v) is 11.6. The van der Waals surface area contributed by atoms with E-state index in [4.69, 9.17) is 4.98 Å². The molecule has 2 atom stereocenters. The molecule has 98 valence electrons. The van der Waals surface area contributed by atoms with Crippen molar-refractivity contribution in [2.45, 2.75) is 13.3 Å². The van der Waals surface area contributed by atoms with Gasteiger partial charge in [0.1, 0.15) is 0 Å². The second-order valence-corrected chi connectivity index (χ2v) is 5.79. The van der Waals surface area contributed by atoms with Crippen LogP contribution in [0.2, 0.25) is 0 Å². The van der Waals surface area contributed by atoms with Crippen molar-refractivity contribution in [2.24, 2.45) is 11.8 Å². The van der Waals surface area contributed by atoms with Crippen LogP contribution in [-0.4, -0.2) is 4.98 Å². The van der Waals surface area contributed by atoms with Crippen LogP contribution in [-0.2, 0) is 0 Å². The Morgan fingerprint density at radius 1 is 1.00 bits per heavy atom. The van der Waals surface area contributed by atoms with Crippen LogP contribution in [0.15, 0.2) is 60.7 Å². The second kappa shape index (κ2) is 4.45. The maximum atomic E-state index is 4.72. The summed E-state index contributed by atoms with van der Waals surface area (Å²) in [7, 11) is 0. The summed E-state index contributed by atoms with van der Waals surface area (Å²) in [5.74, 6) is 1.56. The van der Waals surface area contributed by atoms with Crippen molar-refractivity contribution >= 4 is 5.57 Å². The fourth-order valence-corrected chi connectivity index (χ4v) is 2.95. The first-order chi connectivity index (χ1) is 9.79. The molecule has 0 bridgehead atoms. The van der Waals surface area contributed by atoms with E-state index in [1.165, 1.54) is 23.1 Å². The molecule has 0 radical (unpaired) electrons. The molecule has 1 aromatic carbocycles. The van der Waals surface area contributed by atoms with E-state index in [0.717, 1.165) is 23.2 Å². The lowest BCUT2D eigenvalue weighted by molar-refractivity contribution is 0.981. The molecule has 4 rings (SSSR count). The van der Waals surface area contributed by atoms with Crippen LogP contribution in [0.25, 0.3) is 16.7 Å².